The third kappa shape index (κ3) is 1.81. The van der Waals surface area contributed by atoms with Crippen LogP contribution in [0.2, 0.25) is 0 Å². The molecule has 0 unspecified atom stereocenters. The van der Waals surface area contributed by atoms with Gasteiger partial charge < -0.3 is 0 Å². The van der Waals surface area contributed by atoms with Crippen LogP contribution >= 0.6 is 11.6 Å². The van der Waals surface area contributed by atoms with Crippen LogP contribution in [-0.4, -0.2) is 11.0 Å². The SMILES string of the molecule is O=C(Cl)C[C@@H]1CCCC1=O. The standard InChI is InChI=1S/C7H9ClO2/c8-7(10)4-5-2-1-3-6(5)9/h5H,1-4H2/t5-/m0/s1. The first-order chi connectivity index (χ1) is 4.70. The van der Waals surface area contributed by atoms with Crippen LogP contribution in [0.1, 0.15) is 25.7 Å². The number of ketones is 1. The van der Waals surface area contributed by atoms with Crippen molar-refractivity contribution in [3.63, 3.8) is 0 Å². The molecule has 10 heavy (non-hydrogen) atoms. The molecule has 0 bridgehead atoms. The predicted molar refractivity (Wildman–Crippen MR) is 37.8 cm³/mol. The second-order valence-electron chi connectivity index (χ2n) is 2.61. The summed E-state index contributed by atoms with van der Waals surface area (Å²) in [6.45, 7) is 0. The third-order valence-electron chi connectivity index (χ3n) is 1.84. The molecule has 0 aromatic carbocycles. The van der Waals surface area contributed by atoms with E-state index in [1.807, 2.05) is 0 Å². The van der Waals surface area contributed by atoms with Crippen molar-refractivity contribution in [3.8, 4) is 0 Å². The largest absolute Gasteiger partial charge is 0.299 e. The smallest absolute Gasteiger partial charge is 0.222 e. The lowest BCUT2D eigenvalue weighted by Crippen LogP contribution is -2.08. The van der Waals surface area contributed by atoms with Gasteiger partial charge in [0.1, 0.15) is 5.78 Å². The van der Waals surface area contributed by atoms with Crippen molar-refractivity contribution in [2.24, 2.45) is 5.92 Å². The van der Waals surface area contributed by atoms with E-state index >= 15 is 0 Å². The van der Waals surface area contributed by atoms with E-state index in [4.69, 9.17) is 11.6 Å². The van der Waals surface area contributed by atoms with Crippen molar-refractivity contribution in [1.82, 2.24) is 0 Å². The first kappa shape index (κ1) is 7.73. The zero-order chi connectivity index (χ0) is 7.56. The Labute approximate surface area is 64.5 Å². The Bertz CT molecular complexity index is 165. The van der Waals surface area contributed by atoms with Gasteiger partial charge in [-0.15, -0.1) is 0 Å². The van der Waals surface area contributed by atoms with Crippen molar-refractivity contribution in [2.45, 2.75) is 25.7 Å². The molecule has 1 aliphatic rings. The lowest BCUT2D eigenvalue weighted by Gasteiger charge is -2.00. The van der Waals surface area contributed by atoms with E-state index in [1.165, 1.54) is 0 Å². The molecule has 0 saturated heterocycles. The molecule has 0 aromatic rings. The highest BCUT2D eigenvalue weighted by Crippen LogP contribution is 2.24. The summed E-state index contributed by atoms with van der Waals surface area (Å²) in [5.74, 6) is 0.138. The van der Waals surface area contributed by atoms with Gasteiger partial charge in [0.25, 0.3) is 0 Å². The molecule has 1 atom stereocenters. The normalized spacial score (nSPS) is 25.3. The van der Waals surface area contributed by atoms with Crippen LogP contribution < -0.4 is 0 Å². The molecular formula is C7H9ClO2. The molecule has 0 aromatic heterocycles. The molecule has 56 valence electrons. The number of Topliss-reactive ketones (excluding diaryl/α,β-unsaturated/α-hetero) is 1. The molecule has 1 fully saturated rings. The molecule has 1 aliphatic carbocycles. The van der Waals surface area contributed by atoms with Crippen LogP contribution in [0.4, 0.5) is 0 Å². The quantitative estimate of drug-likeness (QED) is 0.574. The van der Waals surface area contributed by atoms with Crippen LogP contribution in [0.5, 0.6) is 0 Å². The fourth-order valence-corrected chi connectivity index (χ4v) is 1.48. The molecular weight excluding hydrogens is 152 g/mol. The lowest BCUT2D eigenvalue weighted by atomic mass is 10.0. The van der Waals surface area contributed by atoms with Crippen molar-refractivity contribution in [2.75, 3.05) is 0 Å². The molecule has 0 aliphatic heterocycles. The monoisotopic (exact) mass is 160 g/mol. The maximum Gasteiger partial charge on any atom is 0.222 e. The van der Waals surface area contributed by atoms with Crippen LogP contribution in [0, 0.1) is 5.92 Å². The van der Waals surface area contributed by atoms with Crippen LogP contribution in [0.15, 0.2) is 0 Å². The molecule has 0 radical (unpaired) electrons. The van der Waals surface area contributed by atoms with E-state index in [0.717, 1.165) is 12.8 Å². The average molecular weight is 161 g/mol. The maximum atomic E-state index is 10.9. The minimum atomic E-state index is -0.389. The van der Waals surface area contributed by atoms with E-state index in [2.05, 4.69) is 0 Å². The van der Waals surface area contributed by atoms with Crippen molar-refractivity contribution in [1.29, 1.82) is 0 Å². The number of hydrogen-bond acceptors (Lipinski definition) is 2. The second-order valence-corrected chi connectivity index (χ2v) is 3.04. The first-order valence-corrected chi connectivity index (χ1v) is 3.79. The van der Waals surface area contributed by atoms with Gasteiger partial charge in [0.2, 0.25) is 5.24 Å². The third-order valence-corrected chi connectivity index (χ3v) is 1.99. The molecule has 1 saturated carbocycles. The number of carbonyl (C=O) groups is 2. The average Bonchev–Trinajstić information content (AvgIpc) is 2.15. The van der Waals surface area contributed by atoms with Gasteiger partial charge >= 0.3 is 0 Å². The van der Waals surface area contributed by atoms with E-state index < -0.39 is 0 Å². The topological polar surface area (TPSA) is 34.1 Å². The first-order valence-electron chi connectivity index (χ1n) is 3.41. The molecule has 2 nitrogen and oxygen atoms in total. The summed E-state index contributed by atoms with van der Waals surface area (Å²) < 4.78 is 0. The Morgan fingerprint density at radius 3 is 2.80 bits per heavy atom. The van der Waals surface area contributed by atoms with E-state index in [-0.39, 0.29) is 23.4 Å². The summed E-state index contributed by atoms with van der Waals surface area (Å²) in [6, 6.07) is 0. The molecule has 0 heterocycles. The molecule has 1 rings (SSSR count). The molecule has 0 spiro atoms. The van der Waals surface area contributed by atoms with E-state index in [1.54, 1.807) is 0 Å². The minimum absolute atomic E-state index is 0.0648. The number of carbonyl (C=O) groups excluding carboxylic acids is 2. The Balaban J connectivity index is 2.40. The van der Waals surface area contributed by atoms with Gasteiger partial charge in [-0.3, -0.25) is 9.59 Å². The maximum absolute atomic E-state index is 10.9. The highest BCUT2D eigenvalue weighted by molar-refractivity contribution is 6.63. The van der Waals surface area contributed by atoms with Gasteiger partial charge in [-0.1, -0.05) is 0 Å². The van der Waals surface area contributed by atoms with E-state index in [0.29, 0.717) is 6.42 Å². The van der Waals surface area contributed by atoms with Crippen molar-refractivity contribution in [3.05, 3.63) is 0 Å². The van der Waals surface area contributed by atoms with Crippen LogP contribution in [0.3, 0.4) is 0 Å². The summed E-state index contributed by atoms with van der Waals surface area (Å²) in [6.07, 6.45) is 2.64. The Kier molecular flexibility index (Phi) is 2.44. The van der Waals surface area contributed by atoms with Gasteiger partial charge in [0, 0.05) is 18.8 Å². The van der Waals surface area contributed by atoms with Gasteiger partial charge in [0.15, 0.2) is 0 Å². The highest BCUT2D eigenvalue weighted by atomic mass is 35.5. The predicted octanol–water partition coefficient (Wildman–Crippen LogP) is 1.51. The highest BCUT2D eigenvalue weighted by Gasteiger charge is 2.25. The number of rotatable bonds is 2. The Morgan fingerprint density at radius 1 is 1.70 bits per heavy atom. The van der Waals surface area contributed by atoms with E-state index in [9.17, 15) is 9.59 Å². The van der Waals surface area contributed by atoms with Gasteiger partial charge in [-0.05, 0) is 24.4 Å². The van der Waals surface area contributed by atoms with Crippen molar-refractivity contribution < 1.29 is 9.59 Å². The zero-order valence-electron chi connectivity index (χ0n) is 5.60. The fraction of sp³-hybridized carbons (Fsp3) is 0.714. The van der Waals surface area contributed by atoms with Gasteiger partial charge in [0.05, 0.1) is 0 Å². The van der Waals surface area contributed by atoms with Crippen molar-refractivity contribution >= 4 is 22.6 Å². The van der Waals surface area contributed by atoms with Gasteiger partial charge in [-0.2, -0.15) is 0 Å². The number of halogens is 1. The summed E-state index contributed by atoms with van der Waals surface area (Å²) >= 11 is 5.13. The summed E-state index contributed by atoms with van der Waals surface area (Å²) in [5.41, 5.74) is 0. The number of hydrogen-bond donors (Lipinski definition) is 0. The summed E-state index contributed by atoms with van der Waals surface area (Å²) in [4.78, 5) is 21.3. The minimum Gasteiger partial charge on any atom is -0.299 e. The van der Waals surface area contributed by atoms with Crippen LogP contribution in [-0.2, 0) is 9.59 Å². The Hall–Kier alpha value is -0.370. The summed E-state index contributed by atoms with van der Waals surface area (Å²) in [5, 5.41) is -0.389. The lowest BCUT2D eigenvalue weighted by molar-refractivity contribution is -0.123. The zero-order valence-corrected chi connectivity index (χ0v) is 6.36. The Morgan fingerprint density at radius 2 is 2.40 bits per heavy atom. The summed E-state index contributed by atoms with van der Waals surface area (Å²) in [7, 11) is 0. The van der Waals surface area contributed by atoms with Crippen LogP contribution in [0.25, 0.3) is 0 Å². The van der Waals surface area contributed by atoms with Gasteiger partial charge in [-0.25, -0.2) is 0 Å². The molecule has 0 N–H and O–H groups in total. The second kappa shape index (κ2) is 3.15. The molecule has 0 amide bonds. The molecule has 3 heteroatoms. The fourth-order valence-electron chi connectivity index (χ4n) is 1.30.